The Kier molecular flexibility index (Phi) is 3.57. The van der Waals surface area contributed by atoms with Crippen LogP contribution in [0.25, 0.3) is 0 Å². The first-order chi connectivity index (χ1) is 9.18. The molecule has 1 aromatic heterocycles. The zero-order valence-electron chi connectivity index (χ0n) is 10.8. The topological polar surface area (TPSA) is 98.1 Å². The molecule has 0 radical (unpaired) electrons. The van der Waals surface area contributed by atoms with Gasteiger partial charge in [-0.25, -0.2) is 16.8 Å². The van der Waals surface area contributed by atoms with Crippen molar-refractivity contribution < 1.29 is 16.8 Å². The highest BCUT2D eigenvalue weighted by Crippen LogP contribution is 2.17. The normalized spacial score (nSPS) is 12.3. The lowest BCUT2D eigenvalue weighted by Crippen LogP contribution is -2.13. The summed E-state index contributed by atoms with van der Waals surface area (Å²) < 4.78 is 50.5. The molecule has 0 aliphatic heterocycles. The molecular weight excluding hydrogens is 302 g/mol. The van der Waals surface area contributed by atoms with E-state index in [1.54, 1.807) is 13.2 Å². The van der Waals surface area contributed by atoms with Gasteiger partial charge in [-0.05, 0) is 24.3 Å². The van der Waals surface area contributed by atoms with Crippen LogP contribution in [0.3, 0.4) is 0 Å². The van der Waals surface area contributed by atoms with Crippen molar-refractivity contribution in [1.29, 1.82) is 0 Å². The number of sulfonamides is 1. The molecule has 20 heavy (non-hydrogen) atoms. The fourth-order valence-corrected chi connectivity index (χ4v) is 3.16. The van der Waals surface area contributed by atoms with Crippen molar-refractivity contribution in [3.05, 3.63) is 36.5 Å². The van der Waals surface area contributed by atoms with Crippen LogP contribution in [-0.2, 0) is 26.9 Å². The smallest absolute Gasteiger partial charge is 0.263 e. The number of nitrogens with zero attached hydrogens (tertiary/aromatic N) is 2. The van der Waals surface area contributed by atoms with Crippen LogP contribution in [0.5, 0.6) is 0 Å². The summed E-state index contributed by atoms with van der Waals surface area (Å²) in [6, 6.07) is 6.50. The van der Waals surface area contributed by atoms with Crippen LogP contribution >= 0.6 is 0 Å². The highest BCUT2D eigenvalue weighted by Gasteiger charge is 2.16. The third-order valence-electron chi connectivity index (χ3n) is 2.51. The molecule has 9 heteroatoms. The first-order valence-electron chi connectivity index (χ1n) is 5.51. The zero-order valence-corrected chi connectivity index (χ0v) is 12.4. The Labute approximate surface area is 117 Å². The molecule has 0 unspecified atom stereocenters. The van der Waals surface area contributed by atoms with E-state index >= 15 is 0 Å². The number of hydrogen-bond acceptors (Lipinski definition) is 5. The predicted octanol–water partition coefficient (Wildman–Crippen LogP) is 0.624. The second-order valence-electron chi connectivity index (χ2n) is 4.22. The van der Waals surface area contributed by atoms with E-state index in [4.69, 9.17) is 0 Å². The molecule has 0 aliphatic rings. The van der Waals surface area contributed by atoms with E-state index in [1.807, 2.05) is 0 Å². The van der Waals surface area contributed by atoms with Crippen molar-refractivity contribution in [2.45, 2.75) is 9.79 Å². The number of aromatic nitrogens is 2. The van der Waals surface area contributed by atoms with Gasteiger partial charge < -0.3 is 0 Å². The van der Waals surface area contributed by atoms with E-state index < -0.39 is 19.9 Å². The van der Waals surface area contributed by atoms with Crippen LogP contribution in [-0.4, -0.2) is 32.9 Å². The van der Waals surface area contributed by atoms with Crippen LogP contribution in [0.15, 0.2) is 46.3 Å². The lowest BCUT2D eigenvalue weighted by Gasteiger charge is -2.06. The zero-order chi connectivity index (χ0) is 15.0. The molecule has 7 nitrogen and oxygen atoms in total. The lowest BCUT2D eigenvalue weighted by atomic mass is 10.4. The van der Waals surface area contributed by atoms with E-state index in [-0.39, 0.29) is 15.6 Å². The predicted molar refractivity (Wildman–Crippen MR) is 73.6 cm³/mol. The minimum atomic E-state index is -3.78. The lowest BCUT2D eigenvalue weighted by molar-refractivity contribution is 0.597. The molecule has 2 rings (SSSR count). The molecular formula is C11H13N3O4S2. The largest absolute Gasteiger partial charge is 0.274 e. The van der Waals surface area contributed by atoms with E-state index in [0.717, 1.165) is 6.26 Å². The number of aryl methyl sites for hydroxylation is 1. The highest BCUT2D eigenvalue weighted by atomic mass is 32.2. The maximum absolute atomic E-state index is 12.1. The molecule has 1 N–H and O–H groups in total. The summed E-state index contributed by atoms with van der Waals surface area (Å²) in [5.41, 5.74) is 0. The van der Waals surface area contributed by atoms with Gasteiger partial charge >= 0.3 is 0 Å². The monoisotopic (exact) mass is 315 g/mol. The van der Waals surface area contributed by atoms with E-state index in [1.165, 1.54) is 35.0 Å². The molecule has 108 valence electrons. The molecule has 0 atom stereocenters. The van der Waals surface area contributed by atoms with Crippen molar-refractivity contribution in [3.8, 4) is 0 Å². The fourth-order valence-electron chi connectivity index (χ4n) is 1.53. The summed E-state index contributed by atoms with van der Waals surface area (Å²) in [5, 5.41) is 3.91. The average molecular weight is 315 g/mol. The van der Waals surface area contributed by atoms with Crippen molar-refractivity contribution in [1.82, 2.24) is 9.78 Å². The molecule has 0 fully saturated rings. The summed E-state index contributed by atoms with van der Waals surface area (Å²) in [6.07, 6.45) is 2.66. The SMILES string of the molecule is Cn1ccc(NS(=O)(=O)c2ccc(S(C)(=O)=O)cc2)n1. The summed E-state index contributed by atoms with van der Waals surface area (Å²) in [4.78, 5) is 0.0323. The van der Waals surface area contributed by atoms with Crippen LogP contribution in [0.4, 0.5) is 5.82 Å². The maximum Gasteiger partial charge on any atom is 0.263 e. The van der Waals surface area contributed by atoms with Crippen LogP contribution in [0, 0.1) is 0 Å². The Bertz CT molecular complexity index is 821. The Morgan fingerprint density at radius 2 is 1.55 bits per heavy atom. The third kappa shape index (κ3) is 3.17. The Morgan fingerprint density at radius 1 is 1.00 bits per heavy atom. The second-order valence-corrected chi connectivity index (χ2v) is 7.92. The van der Waals surface area contributed by atoms with Gasteiger partial charge in [0.2, 0.25) is 0 Å². The molecule has 0 saturated carbocycles. The fraction of sp³-hybridized carbons (Fsp3) is 0.182. The van der Waals surface area contributed by atoms with Gasteiger partial charge in [-0.15, -0.1) is 0 Å². The van der Waals surface area contributed by atoms with Gasteiger partial charge in [-0.1, -0.05) is 0 Å². The number of nitrogens with one attached hydrogen (secondary N) is 1. The Hall–Kier alpha value is -1.87. The van der Waals surface area contributed by atoms with Crippen molar-refractivity contribution in [2.75, 3.05) is 11.0 Å². The highest BCUT2D eigenvalue weighted by molar-refractivity contribution is 7.92. The number of sulfone groups is 1. The quantitative estimate of drug-likeness (QED) is 0.892. The van der Waals surface area contributed by atoms with Gasteiger partial charge in [-0.3, -0.25) is 9.40 Å². The number of hydrogen-bond donors (Lipinski definition) is 1. The molecule has 1 aromatic carbocycles. The van der Waals surface area contributed by atoms with Crippen LogP contribution in [0.2, 0.25) is 0 Å². The molecule has 0 spiro atoms. The van der Waals surface area contributed by atoms with Crippen molar-refractivity contribution in [2.24, 2.45) is 7.05 Å². The molecule has 0 amide bonds. The number of rotatable bonds is 4. The Morgan fingerprint density at radius 3 is 2.00 bits per heavy atom. The van der Waals surface area contributed by atoms with Crippen molar-refractivity contribution in [3.63, 3.8) is 0 Å². The van der Waals surface area contributed by atoms with E-state index in [2.05, 4.69) is 9.82 Å². The van der Waals surface area contributed by atoms with E-state index in [9.17, 15) is 16.8 Å². The summed E-state index contributed by atoms with van der Waals surface area (Å²) in [6.45, 7) is 0. The number of benzene rings is 1. The summed E-state index contributed by atoms with van der Waals surface area (Å²) in [5.74, 6) is 0.194. The maximum atomic E-state index is 12.1. The molecule has 1 heterocycles. The first-order valence-corrected chi connectivity index (χ1v) is 8.88. The van der Waals surface area contributed by atoms with Crippen LogP contribution < -0.4 is 4.72 Å². The van der Waals surface area contributed by atoms with Gasteiger partial charge in [0.25, 0.3) is 10.0 Å². The average Bonchev–Trinajstić information content (AvgIpc) is 2.73. The molecule has 0 aliphatic carbocycles. The van der Waals surface area contributed by atoms with Crippen LogP contribution in [0.1, 0.15) is 0 Å². The molecule has 2 aromatic rings. The van der Waals surface area contributed by atoms with E-state index in [0.29, 0.717) is 0 Å². The minimum absolute atomic E-state index is 0.0319. The van der Waals surface area contributed by atoms with Gasteiger partial charge in [0, 0.05) is 25.6 Å². The molecule has 0 saturated heterocycles. The van der Waals surface area contributed by atoms with Gasteiger partial charge in [0.05, 0.1) is 9.79 Å². The first kappa shape index (κ1) is 14.5. The third-order valence-corrected chi connectivity index (χ3v) is 5.01. The summed E-state index contributed by atoms with van der Waals surface area (Å²) in [7, 11) is -5.47. The minimum Gasteiger partial charge on any atom is -0.274 e. The second kappa shape index (κ2) is 4.91. The van der Waals surface area contributed by atoms with Crippen molar-refractivity contribution >= 4 is 25.7 Å². The van der Waals surface area contributed by atoms with Gasteiger partial charge in [-0.2, -0.15) is 5.10 Å². The van der Waals surface area contributed by atoms with Gasteiger partial charge in [0.1, 0.15) is 0 Å². The summed E-state index contributed by atoms with van der Waals surface area (Å²) >= 11 is 0. The molecule has 0 bridgehead atoms. The van der Waals surface area contributed by atoms with Gasteiger partial charge in [0.15, 0.2) is 15.7 Å². The number of anilines is 1. The standard InChI is InChI=1S/C11H13N3O4S2/c1-14-8-7-11(12-14)13-20(17,18)10-5-3-9(4-6-10)19(2,15)16/h3-8H,1-2H3,(H,12,13). The Balaban J connectivity index is 2.30.